The number of nitrogens with one attached hydrogen (secondary N) is 2. The zero-order valence-corrected chi connectivity index (χ0v) is 11.4. The fourth-order valence-corrected chi connectivity index (χ4v) is 1.87. The smallest absolute Gasteiger partial charge is 0.251 e. The number of carbonyl (C=O) groups excluding carboxylic acids is 1. The van der Waals surface area contributed by atoms with Gasteiger partial charge in [-0.2, -0.15) is 0 Å². The number of nitrogens with zero attached hydrogens (tertiary/aromatic N) is 2. The van der Waals surface area contributed by atoms with E-state index in [4.69, 9.17) is 4.74 Å². The molecular weight excluding hydrogens is 244 g/mol. The fourth-order valence-electron chi connectivity index (χ4n) is 1.87. The van der Waals surface area contributed by atoms with Crippen LogP contribution in [0.2, 0.25) is 0 Å². The van der Waals surface area contributed by atoms with Crippen LogP contribution in [-0.4, -0.2) is 34.1 Å². The van der Waals surface area contributed by atoms with E-state index in [2.05, 4.69) is 20.3 Å². The lowest BCUT2D eigenvalue weighted by molar-refractivity contribution is -0.120. The number of anilines is 1. The molecule has 2 aromatic rings. The van der Waals surface area contributed by atoms with Gasteiger partial charge in [0.2, 0.25) is 0 Å². The quantitative estimate of drug-likeness (QED) is 0.807. The molecule has 2 aromatic heterocycles. The van der Waals surface area contributed by atoms with Gasteiger partial charge in [-0.1, -0.05) is 6.92 Å². The number of hydrogen-bond acceptors (Lipinski definition) is 4. The third-order valence-electron chi connectivity index (χ3n) is 2.93. The molecule has 0 radical (unpaired) electrons. The Bertz CT molecular complexity index is 592. The molecule has 2 rings (SSSR count). The summed E-state index contributed by atoms with van der Waals surface area (Å²) in [5.41, 5.74) is 2.79. The van der Waals surface area contributed by atoms with Crippen LogP contribution >= 0.6 is 0 Å². The van der Waals surface area contributed by atoms with Gasteiger partial charge in [-0.3, -0.25) is 4.79 Å². The van der Waals surface area contributed by atoms with Crippen LogP contribution in [0.3, 0.4) is 0 Å². The van der Waals surface area contributed by atoms with Gasteiger partial charge in [0.25, 0.3) is 5.91 Å². The van der Waals surface area contributed by atoms with Crippen molar-refractivity contribution in [1.29, 1.82) is 0 Å². The summed E-state index contributed by atoms with van der Waals surface area (Å²) in [6.45, 7) is 6.56. The molecule has 6 heteroatoms. The van der Waals surface area contributed by atoms with E-state index in [9.17, 15) is 4.79 Å². The summed E-state index contributed by atoms with van der Waals surface area (Å²) >= 11 is 0. The lowest BCUT2D eigenvalue weighted by atomic mass is 10.2. The normalized spacial score (nSPS) is 10.9. The molecule has 0 aliphatic carbocycles. The molecule has 0 saturated heterocycles. The molecule has 0 fully saturated rings. The van der Waals surface area contributed by atoms with Crippen LogP contribution in [0.15, 0.2) is 6.33 Å². The molecule has 6 nitrogen and oxygen atoms in total. The highest BCUT2D eigenvalue weighted by Gasteiger charge is 2.13. The van der Waals surface area contributed by atoms with Crippen molar-refractivity contribution in [2.24, 2.45) is 0 Å². The number of aryl methyl sites for hydroxylation is 2. The van der Waals surface area contributed by atoms with Crippen LogP contribution in [0, 0.1) is 13.8 Å². The molecule has 19 heavy (non-hydrogen) atoms. The van der Waals surface area contributed by atoms with E-state index in [1.807, 2.05) is 20.8 Å². The molecule has 0 spiro atoms. The summed E-state index contributed by atoms with van der Waals surface area (Å²) in [6.07, 6.45) is 2.32. The van der Waals surface area contributed by atoms with Gasteiger partial charge in [-0.15, -0.1) is 0 Å². The van der Waals surface area contributed by atoms with Crippen LogP contribution in [0.5, 0.6) is 0 Å². The first kappa shape index (κ1) is 13.5. The maximum absolute atomic E-state index is 11.7. The zero-order valence-electron chi connectivity index (χ0n) is 11.4. The predicted octanol–water partition coefficient (Wildman–Crippen LogP) is 1.94. The monoisotopic (exact) mass is 262 g/mol. The van der Waals surface area contributed by atoms with Crippen LogP contribution in [0.25, 0.3) is 11.0 Å². The van der Waals surface area contributed by atoms with E-state index in [0.717, 1.165) is 28.7 Å². The highest BCUT2D eigenvalue weighted by atomic mass is 16.5. The third-order valence-corrected chi connectivity index (χ3v) is 2.93. The Labute approximate surface area is 111 Å². The molecular formula is C13H18N4O2. The van der Waals surface area contributed by atoms with E-state index in [1.165, 1.54) is 6.33 Å². The first-order valence-corrected chi connectivity index (χ1v) is 6.31. The van der Waals surface area contributed by atoms with E-state index in [0.29, 0.717) is 12.4 Å². The molecule has 0 bridgehead atoms. The highest BCUT2D eigenvalue weighted by molar-refractivity contribution is 6.00. The van der Waals surface area contributed by atoms with Crippen LogP contribution in [0.1, 0.15) is 24.6 Å². The molecule has 1 amide bonds. The molecule has 0 unspecified atom stereocenters. The molecule has 0 atom stereocenters. The minimum absolute atomic E-state index is 0.0434. The molecule has 2 N–H and O–H groups in total. The Morgan fingerprint density at radius 3 is 2.95 bits per heavy atom. The average Bonchev–Trinajstić information content (AvgIpc) is 2.66. The maximum Gasteiger partial charge on any atom is 0.251 e. The maximum atomic E-state index is 11.7. The summed E-state index contributed by atoms with van der Waals surface area (Å²) < 4.78 is 5.20. The van der Waals surface area contributed by atoms with Gasteiger partial charge in [-0.25, -0.2) is 9.97 Å². The van der Waals surface area contributed by atoms with Crippen molar-refractivity contribution in [2.45, 2.75) is 27.2 Å². The van der Waals surface area contributed by atoms with Gasteiger partial charge in [-0.05, 0) is 25.8 Å². The summed E-state index contributed by atoms with van der Waals surface area (Å²) in [7, 11) is 0. The van der Waals surface area contributed by atoms with Gasteiger partial charge in [0.1, 0.15) is 24.4 Å². The topological polar surface area (TPSA) is 79.9 Å². The molecule has 0 aliphatic heterocycles. The second-order valence-electron chi connectivity index (χ2n) is 4.42. The Morgan fingerprint density at radius 1 is 1.42 bits per heavy atom. The second kappa shape index (κ2) is 5.79. The Hall–Kier alpha value is -1.95. The van der Waals surface area contributed by atoms with Gasteiger partial charge in [0, 0.05) is 12.3 Å². The number of hydrogen-bond donors (Lipinski definition) is 2. The number of fused-ring (bicyclic) bond motifs is 1. The summed E-state index contributed by atoms with van der Waals surface area (Å²) in [5.74, 6) is 0.323. The number of carbonyl (C=O) groups is 1. The van der Waals surface area contributed by atoms with Crippen molar-refractivity contribution in [2.75, 3.05) is 18.5 Å². The van der Waals surface area contributed by atoms with Crippen LogP contribution in [0.4, 0.5) is 5.82 Å². The number of rotatable bonds is 5. The summed E-state index contributed by atoms with van der Waals surface area (Å²) in [6, 6.07) is 0. The van der Waals surface area contributed by atoms with Crippen molar-refractivity contribution in [3.63, 3.8) is 0 Å². The third kappa shape index (κ3) is 2.90. The second-order valence-corrected chi connectivity index (χ2v) is 4.42. The van der Waals surface area contributed by atoms with E-state index in [-0.39, 0.29) is 12.5 Å². The van der Waals surface area contributed by atoms with Crippen molar-refractivity contribution in [3.8, 4) is 0 Å². The molecule has 102 valence electrons. The first-order chi connectivity index (χ1) is 9.13. The van der Waals surface area contributed by atoms with E-state index < -0.39 is 0 Å². The Kier molecular flexibility index (Phi) is 4.11. The number of aromatic nitrogens is 3. The SMILES string of the molecule is CCCOCC(=O)Nc1ncnc2[nH]c(C)c(C)c12. The van der Waals surface area contributed by atoms with Crippen LogP contribution < -0.4 is 5.32 Å². The Balaban J connectivity index is 2.18. The van der Waals surface area contributed by atoms with Crippen molar-refractivity contribution < 1.29 is 9.53 Å². The van der Waals surface area contributed by atoms with Gasteiger partial charge < -0.3 is 15.0 Å². The largest absolute Gasteiger partial charge is 0.372 e. The lowest BCUT2D eigenvalue weighted by Crippen LogP contribution is -2.19. The van der Waals surface area contributed by atoms with E-state index >= 15 is 0 Å². The summed E-state index contributed by atoms with van der Waals surface area (Å²) in [4.78, 5) is 23.2. The standard InChI is InChI=1S/C13H18N4O2/c1-4-5-19-6-10(18)17-13-11-8(2)9(3)16-12(11)14-7-15-13/h7H,4-6H2,1-3H3,(H2,14,15,16,17,18). The number of aromatic amines is 1. The van der Waals surface area contributed by atoms with Gasteiger partial charge in [0.15, 0.2) is 0 Å². The lowest BCUT2D eigenvalue weighted by Gasteiger charge is -2.06. The first-order valence-electron chi connectivity index (χ1n) is 6.31. The van der Waals surface area contributed by atoms with Gasteiger partial charge >= 0.3 is 0 Å². The molecule has 2 heterocycles. The number of ether oxygens (including phenoxy) is 1. The number of H-pyrrole nitrogens is 1. The van der Waals surface area contributed by atoms with E-state index in [1.54, 1.807) is 0 Å². The van der Waals surface area contributed by atoms with Gasteiger partial charge in [0.05, 0.1) is 5.39 Å². The Morgan fingerprint density at radius 2 is 2.21 bits per heavy atom. The summed E-state index contributed by atoms with van der Waals surface area (Å²) in [5, 5.41) is 3.61. The van der Waals surface area contributed by atoms with Crippen molar-refractivity contribution in [1.82, 2.24) is 15.0 Å². The fraction of sp³-hybridized carbons (Fsp3) is 0.462. The van der Waals surface area contributed by atoms with Crippen molar-refractivity contribution >= 4 is 22.8 Å². The zero-order chi connectivity index (χ0) is 13.8. The molecule has 0 saturated carbocycles. The highest BCUT2D eigenvalue weighted by Crippen LogP contribution is 2.25. The minimum atomic E-state index is -0.202. The molecule has 0 aromatic carbocycles. The number of amides is 1. The average molecular weight is 262 g/mol. The van der Waals surface area contributed by atoms with Crippen molar-refractivity contribution in [3.05, 3.63) is 17.6 Å². The predicted molar refractivity (Wildman–Crippen MR) is 73.1 cm³/mol. The van der Waals surface area contributed by atoms with Crippen LogP contribution in [-0.2, 0) is 9.53 Å². The minimum Gasteiger partial charge on any atom is -0.372 e. The molecule has 0 aliphatic rings.